The van der Waals surface area contributed by atoms with E-state index in [1.165, 1.54) is 0 Å². The molecule has 0 amide bonds. The van der Waals surface area contributed by atoms with E-state index in [2.05, 4.69) is 15.0 Å². The number of imidazole rings is 1. The molecule has 3 heterocycles. The first-order chi connectivity index (χ1) is 15.5. The van der Waals surface area contributed by atoms with Gasteiger partial charge in [0.1, 0.15) is 18.2 Å². The van der Waals surface area contributed by atoms with Crippen LogP contribution in [-0.4, -0.2) is 78.2 Å². The number of ether oxygens (including phenoxy) is 2. The molecule has 6 atom stereocenters. The number of carbonyl (C=O) groups is 1. The second-order valence-electron chi connectivity index (χ2n) is 6.94. The normalized spacial score (nSPS) is 30.9. The van der Waals surface area contributed by atoms with E-state index in [1.54, 1.807) is 0 Å². The molecule has 0 aromatic carbocycles. The minimum atomic E-state index is -4.65. The second-order valence-corrected chi connectivity index (χ2v) is 8.50. The van der Waals surface area contributed by atoms with Gasteiger partial charge in [-0.2, -0.15) is 9.97 Å². The summed E-state index contributed by atoms with van der Waals surface area (Å²) in [6.07, 6.45) is -3.92. The SMILES string of the molecule is [2H]C([2H])([2H])Oc1nc(N)nc2c1ncn2[C@@H]1O[C@H](COP(=O)(O)N[C@@H](C)C(=O)O)[C@@H](O)[C@@]1(C)F. The van der Waals surface area contributed by atoms with Gasteiger partial charge in [-0.1, -0.05) is 0 Å². The number of rotatable bonds is 8. The summed E-state index contributed by atoms with van der Waals surface area (Å²) in [5.41, 5.74) is 2.75. The molecule has 3 rings (SSSR count). The average molecular weight is 467 g/mol. The molecule has 1 unspecified atom stereocenters. The van der Waals surface area contributed by atoms with Crippen LogP contribution in [0.25, 0.3) is 11.2 Å². The molecule has 0 radical (unpaired) electrons. The van der Waals surface area contributed by atoms with Gasteiger partial charge in [-0.15, -0.1) is 0 Å². The van der Waals surface area contributed by atoms with Crippen LogP contribution in [0.5, 0.6) is 5.88 Å². The first-order valence-corrected chi connectivity index (χ1v) is 10.3. The predicted octanol–water partition coefficient (Wildman–Crippen LogP) is -0.417. The molecule has 1 fully saturated rings. The van der Waals surface area contributed by atoms with Crippen LogP contribution in [0.15, 0.2) is 6.33 Å². The standard InChI is InChI=1S/C15H22FN6O8P/c1-6(12(24)25)21-31(26,27)29-4-7-9(23)15(2,16)13(30-7)22-5-18-8-10(22)19-14(17)20-11(8)28-3/h5-7,9,13,23H,4H2,1-3H3,(H,24,25)(H2,17,19,20)(H2,21,26,27)/t6-,7+,9+,13+,15+/m0/s1/i3D3. The van der Waals surface area contributed by atoms with Crippen molar-refractivity contribution in [2.24, 2.45) is 0 Å². The minimum Gasteiger partial charge on any atom is -0.480 e. The largest absolute Gasteiger partial charge is 0.480 e. The lowest BCUT2D eigenvalue weighted by molar-refractivity contribution is -0.138. The minimum absolute atomic E-state index is 0.167. The molecule has 2 aromatic rings. The topological polar surface area (TPSA) is 204 Å². The highest BCUT2D eigenvalue weighted by molar-refractivity contribution is 7.50. The fourth-order valence-corrected chi connectivity index (χ4v) is 4.04. The zero-order chi connectivity index (χ0) is 25.6. The number of carboxylic acid groups (broad SMARTS) is 1. The third kappa shape index (κ3) is 4.46. The molecule has 0 spiro atoms. The number of nitrogens with zero attached hydrogens (tertiary/aromatic N) is 4. The number of aliphatic hydroxyl groups is 1. The van der Waals surface area contributed by atoms with Crippen LogP contribution < -0.4 is 15.6 Å². The molecule has 0 saturated carbocycles. The van der Waals surface area contributed by atoms with Gasteiger partial charge in [-0.05, 0) is 13.8 Å². The van der Waals surface area contributed by atoms with Crippen molar-refractivity contribution < 1.29 is 47.0 Å². The van der Waals surface area contributed by atoms with Gasteiger partial charge in [0.2, 0.25) is 11.8 Å². The number of nitrogen functional groups attached to an aromatic ring is 1. The molecule has 14 nitrogen and oxygen atoms in total. The Balaban J connectivity index is 1.86. The number of alkyl halides is 1. The molecule has 31 heavy (non-hydrogen) atoms. The Labute approximate surface area is 179 Å². The monoisotopic (exact) mass is 467 g/mol. The zero-order valence-electron chi connectivity index (χ0n) is 19.2. The molecule has 0 aliphatic carbocycles. The summed E-state index contributed by atoms with van der Waals surface area (Å²) in [5, 5.41) is 21.1. The lowest BCUT2D eigenvalue weighted by Crippen LogP contribution is -2.41. The molecular weight excluding hydrogens is 442 g/mol. The number of methoxy groups -OCH3 is 1. The molecule has 6 N–H and O–H groups in total. The molecule has 16 heteroatoms. The van der Waals surface area contributed by atoms with Crippen molar-refractivity contribution in [1.82, 2.24) is 24.6 Å². The number of hydrogen-bond acceptors (Lipinski definition) is 10. The maximum atomic E-state index is 15.5. The summed E-state index contributed by atoms with van der Waals surface area (Å²) >= 11 is 0. The summed E-state index contributed by atoms with van der Waals surface area (Å²) in [6.45, 7) is 1.30. The Kier molecular flexibility index (Phi) is 5.13. The average Bonchev–Trinajstić information content (AvgIpc) is 3.18. The van der Waals surface area contributed by atoms with E-state index in [0.29, 0.717) is 0 Å². The number of halogens is 1. The van der Waals surface area contributed by atoms with Crippen molar-refractivity contribution in [2.45, 2.75) is 44.0 Å². The Hall–Kier alpha value is -2.42. The van der Waals surface area contributed by atoms with Crippen LogP contribution in [-0.2, 0) is 18.6 Å². The zero-order valence-corrected chi connectivity index (χ0v) is 17.1. The first kappa shape index (κ1) is 19.3. The molecule has 1 aliphatic rings. The maximum Gasteiger partial charge on any atom is 0.403 e. The van der Waals surface area contributed by atoms with E-state index in [1.807, 2.05) is 5.09 Å². The van der Waals surface area contributed by atoms with E-state index in [-0.39, 0.29) is 11.2 Å². The summed E-state index contributed by atoms with van der Waals surface area (Å²) in [5.74, 6) is -2.31. The van der Waals surface area contributed by atoms with Crippen LogP contribution >= 0.6 is 7.75 Å². The van der Waals surface area contributed by atoms with Crippen molar-refractivity contribution >= 4 is 30.8 Å². The molecular formula is C15H22FN6O8P. The predicted molar refractivity (Wildman–Crippen MR) is 102 cm³/mol. The number of hydrogen-bond donors (Lipinski definition) is 5. The highest BCUT2D eigenvalue weighted by Crippen LogP contribution is 2.45. The van der Waals surface area contributed by atoms with Gasteiger partial charge < -0.3 is 30.3 Å². The number of carboxylic acids is 1. The van der Waals surface area contributed by atoms with Crippen molar-refractivity contribution in [3.05, 3.63) is 6.33 Å². The van der Waals surface area contributed by atoms with Gasteiger partial charge in [-0.3, -0.25) is 13.9 Å². The number of aromatic nitrogens is 4. The second kappa shape index (κ2) is 8.26. The van der Waals surface area contributed by atoms with E-state index in [4.69, 9.17) is 28.9 Å². The number of nitrogens with two attached hydrogens (primary N) is 1. The number of fused-ring (bicyclic) bond motifs is 1. The van der Waals surface area contributed by atoms with Crippen LogP contribution in [0, 0.1) is 0 Å². The van der Waals surface area contributed by atoms with Crippen molar-refractivity contribution in [2.75, 3.05) is 19.4 Å². The highest BCUT2D eigenvalue weighted by Gasteiger charge is 2.55. The van der Waals surface area contributed by atoms with Crippen LogP contribution in [0.3, 0.4) is 0 Å². The number of aliphatic hydroxyl groups excluding tert-OH is 1. The van der Waals surface area contributed by atoms with Gasteiger partial charge in [0.15, 0.2) is 23.1 Å². The van der Waals surface area contributed by atoms with Crippen molar-refractivity contribution in [3.8, 4) is 5.88 Å². The van der Waals surface area contributed by atoms with Gasteiger partial charge in [0.25, 0.3) is 0 Å². The Bertz CT molecular complexity index is 1130. The van der Waals surface area contributed by atoms with E-state index in [0.717, 1.165) is 24.7 Å². The maximum absolute atomic E-state index is 15.5. The fourth-order valence-electron chi connectivity index (χ4n) is 3.01. The van der Waals surface area contributed by atoms with Gasteiger partial charge >= 0.3 is 13.7 Å². The smallest absolute Gasteiger partial charge is 0.403 e. The number of nitrogens with one attached hydrogen (secondary N) is 1. The summed E-state index contributed by atoms with van der Waals surface area (Å²) in [4.78, 5) is 32.2. The number of anilines is 1. The van der Waals surface area contributed by atoms with Crippen molar-refractivity contribution in [1.29, 1.82) is 0 Å². The molecule has 2 aromatic heterocycles. The highest BCUT2D eigenvalue weighted by atomic mass is 31.2. The quantitative estimate of drug-likeness (QED) is 0.313. The van der Waals surface area contributed by atoms with Crippen LogP contribution in [0.1, 0.15) is 24.2 Å². The molecule has 1 aliphatic heterocycles. The Morgan fingerprint density at radius 2 is 2.32 bits per heavy atom. The Morgan fingerprint density at radius 1 is 1.61 bits per heavy atom. The van der Waals surface area contributed by atoms with E-state index < -0.39 is 69.3 Å². The number of aliphatic carboxylic acids is 1. The summed E-state index contributed by atoms with van der Waals surface area (Å²) in [7, 11) is -7.54. The third-order valence-electron chi connectivity index (χ3n) is 4.61. The molecule has 1 saturated heterocycles. The van der Waals surface area contributed by atoms with E-state index >= 15 is 4.39 Å². The lowest BCUT2D eigenvalue weighted by atomic mass is 9.98. The first-order valence-electron chi connectivity index (χ1n) is 10.2. The fraction of sp³-hybridized carbons (Fsp3) is 0.600. The van der Waals surface area contributed by atoms with Gasteiger partial charge in [0, 0.05) is 0 Å². The molecule has 172 valence electrons. The van der Waals surface area contributed by atoms with E-state index in [9.17, 15) is 19.4 Å². The summed E-state index contributed by atoms with van der Waals surface area (Å²) < 4.78 is 65.3. The van der Waals surface area contributed by atoms with Gasteiger partial charge in [0.05, 0.1) is 24.1 Å². The van der Waals surface area contributed by atoms with Gasteiger partial charge in [-0.25, -0.2) is 19.0 Å². The lowest BCUT2D eigenvalue weighted by Gasteiger charge is -2.24. The molecule has 0 bridgehead atoms. The van der Waals surface area contributed by atoms with Crippen molar-refractivity contribution in [3.63, 3.8) is 0 Å². The van der Waals surface area contributed by atoms with Crippen LogP contribution in [0.4, 0.5) is 10.3 Å². The third-order valence-corrected chi connectivity index (χ3v) is 5.83. The Morgan fingerprint density at radius 3 is 2.97 bits per heavy atom. The summed E-state index contributed by atoms with van der Waals surface area (Å²) in [6, 6.07) is -1.43. The van der Waals surface area contributed by atoms with Crippen LogP contribution in [0.2, 0.25) is 0 Å².